The molecular weight excluding hydrogens is 158 g/mol. The van der Waals surface area contributed by atoms with Gasteiger partial charge in [-0.1, -0.05) is 6.08 Å². The lowest BCUT2D eigenvalue weighted by atomic mass is 9.96. The molecule has 0 aromatic carbocycles. The smallest absolute Gasteiger partial charge is 0.407 e. The zero-order chi connectivity index (χ0) is 9.35. The Kier molecular flexibility index (Phi) is 2.10. The number of hydrogen-bond acceptors (Lipinski definition) is 2. The molecule has 2 atom stereocenters. The third-order valence-electron chi connectivity index (χ3n) is 2.54. The summed E-state index contributed by atoms with van der Waals surface area (Å²) in [7, 11) is 0. The molecule has 4 nitrogen and oxygen atoms in total. The Bertz CT molecular complexity index is 216. The highest BCUT2D eigenvalue weighted by Gasteiger charge is 2.43. The highest BCUT2D eigenvalue weighted by molar-refractivity contribution is 5.66. The van der Waals surface area contributed by atoms with Gasteiger partial charge in [0.2, 0.25) is 0 Å². The number of likely N-dealkylation sites (tertiary alicyclic amines) is 1. The van der Waals surface area contributed by atoms with E-state index in [9.17, 15) is 9.90 Å². The van der Waals surface area contributed by atoms with Crippen molar-refractivity contribution in [3.05, 3.63) is 12.7 Å². The number of amides is 1. The first-order chi connectivity index (χ1) is 5.51. The molecule has 0 radical (unpaired) electrons. The maximum absolute atomic E-state index is 10.6. The van der Waals surface area contributed by atoms with Crippen LogP contribution in [-0.2, 0) is 0 Å². The van der Waals surface area contributed by atoms with Gasteiger partial charge in [-0.05, 0) is 13.3 Å². The third-order valence-corrected chi connectivity index (χ3v) is 2.54. The van der Waals surface area contributed by atoms with Crippen LogP contribution in [0.2, 0.25) is 0 Å². The molecule has 12 heavy (non-hydrogen) atoms. The topological polar surface area (TPSA) is 60.8 Å². The van der Waals surface area contributed by atoms with Crippen molar-refractivity contribution in [2.75, 3.05) is 6.54 Å². The molecule has 0 bridgehead atoms. The van der Waals surface area contributed by atoms with E-state index in [4.69, 9.17) is 5.11 Å². The van der Waals surface area contributed by atoms with Crippen molar-refractivity contribution in [3.63, 3.8) is 0 Å². The van der Waals surface area contributed by atoms with Gasteiger partial charge in [-0.3, -0.25) is 0 Å². The lowest BCUT2D eigenvalue weighted by Gasteiger charge is -2.26. The molecule has 1 fully saturated rings. The predicted octanol–water partition coefficient (Wildman–Crippen LogP) is 0.676. The summed E-state index contributed by atoms with van der Waals surface area (Å²) >= 11 is 0. The Morgan fingerprint density at radius 1 is 1.83 bits per heavy atom. The minimum atomic E-state index is -1.04. The van der Waals surface area contributed by atoms with Gasteiger partial charge in [-0.2, -0.15) is 0 Å². The number of rotatable bonds is 1. The summed E-state index contributed by atoms with van der Waals surface area (Å²) in [6, 6.07) is -0.396. The second-order valence-electron chi connectivity index (χ2n) is 3.10. The Morgan fingerprint density at radius 2 is 2.42 bits per heavy atom. The van der Waals surface area contributed by atoms with Crippen molar-refractivity contribution >= 4 is 6.09 Å². The van der Waals surface area contributed by atoms with Crippen LogP contribution in [0.15, 0.2) is 12.7 Å². The number of hydrogen-bond donors (Lipinski definition) is 2. The molecule has 0 aromatic heterocycles. The first-order valence-corrected chi connectivity index (χ1v) is 3.87. The molecule has 1 saturated heterocycles. The number of carboxylic acid groups (broad SMARTS) is 1. The average Bonchev–Trinajstić information content (AvgIpc) is 2.30. The van der Waals surface area contributed by atoms with Crippen molar-refractivity contribution in [2.24, 2.45) is 0 Å². The van der Waals surface area contributed by atoms with Crippen LogP contribution in [0.4, 0.5) is 4.79 Å². The van der Waals surface area contributed by atoms with Gasteiger partial charge >= 0.3 is 6.09 Å². The van der Waals surface area contributed by atoms with Gasteiger partial charge in [0.05, 0.1) is 6.04 Å². The Hall–Kier alpha value is -1.03. The van der Waals surface area contributed by atoms with Gasteiger partial charge in [0, 0.05) is 6.54 Å². The fraction of sp³-hybridized carbons (Fsp3) is 0.625. The van der Waals surface area contributed by atoms with Gasteiger partial charge in [0.15, 0.2) is 0 Å². The van der Waals surface area contributed by atoms with Gasteiger partial charge in [0.1, 0.15) is 5.60 Å². The summed E-state index contributed by atoms with van der Waals surface area (Å²) in [6.07, 6.45) is 0.866. The summed E-state index contributed by atoms with van der Waals surface area (Å²) in [5.41, 5.74) is -1.04. The summed E-state index contributed by atoms with van der Waals surface area (Å²) in [5, 5.41) is 18.5. The van der Waals surface area contributed by atoms with E-state index in [1.807, 2.05) is 0 Å². The summed E-state index contributed by atoms with van der Waals surface area (Å²) in [6.45, 7) is 5.55. The Morgan fingerprint density at radius 3 is 2.67 bits per heavy atom. The quantitative estimate of drug-likeness (QED) is 0.570. The molecule has 1 aliphatic rings. The normalized spacial score (nSPS) is 35.2. The van der Waals surface area contributed by atoms with Gasteiger partial charge in [-0.15, -0.1) is 6.58 Å². The monoisotopic (exact) mass is 171 g/mol. The molecule has 0 aliphatic carbocycles. The number of aliphatic hydroxyl groups is 1. The highest BCUT2D eigenvalue weighted by atomic mass is 16.4. The molecule has 1 amide bonds. The first kappa shape index (κ1) is 9.06. The van der Waals surface area contributed by atoms with Crippen LogP contribution in [0.25, 0.3) is 0 Å². The molecule has 0 spiro atoms. The second-order valence-corrected chi connectivity index (χ2v) is 3.10. The van der Waals surface area contributed by atoms with Crippen LogP contribution in [0.1, 0.15) is 13.3 Å². The number of nitrogens with zero attached hydrogens (tertiary/aromatic N) is 1. The van der Waals surface area contributed by atoms with Crippen molar-refractivity contribution in [1.29, 1.82) is 0 Å². The van der Waals surface area contributed by atoms with Crippen molar-refractivity contribution in [3.8, 4) is 0 Å². The highest BCUT2D eigenvalue weighted by Crippen LogP contribution is 2.29. The minimum Gasteiger partial charge on any atom is -0.465 e. The Balaban J connectivity index is 2.79. The molecule has 1 rings (SSSR count). The zero-order valence-electron chi connectivity index (χ0n) is 7.03. The predicted molar refractivity (Wildman–Crippen MR) is 44.0 cm³/mol. The van der Waals surface area contributed by atoms with Gasteiger partial charge in [0.25, 0.3) is 0 Å². The van der Waals surface area contributed by atoms with Crippen molar-refractivity contribution in [2.45, 2.75) is 25.0 Å². The van der Waals surface area contributed by atoms with E-state index in [-0.39, 0.29) is 0 Å². The summed E-state index contributed by atoms with van der Waals surface area (Å²) < 4.78 is 0. The molecule has 1 aliphatic heterocycles. The number of carbonyl (C=O) groups is 1. The lowest BCUT2D eigenvalue weighted by Crippen LogP contribution is -2.42. The largest absolute Gasteiger partial charge is 0.465 e. The van der Waals surface area contributed by atoms with Crippen LogP contribution in [0.5, 0.6) is 0 Å². The van der Waals surface area contributed by atoms with E-state index >= 15 is 0 Å². The van der Waals surface area contributed by atoms with E-state index in [1.165, 1.54) is 11.0 Å². The summed E-state index contributed by atoms with van der Waals surface area (Å²) in [5.74, 6) is 0. The molecule has 0 saturated carbocycles. The molecule has 68 valence electrons. The molecule has 0 aromatic rings. The maximum Gasteiger partial charge on any atom is 0.407 e. The maximum atomic E-state index is 10.6. The molecule has 4 heteroatoms. The van der Waals surface area contributed by atoms with Crippen LogP contribution >= 0.6 is 0 Å². The van der Waals surface area contributed by atoms with E-state index in [0.29, 0.717) is 13.0 Å². The first-order valence-electron chi connectivity index (χ1n) is 3.87. The van der Waals surface area contributed by atoms with E-state index in [1.54, 1.807) is 6.92 Å². The molecular formula is C8H13NO3. The van der Waals surface area contributed by atoms with Crippen LogP contribution in [0, 0.1) is 0 Å². The fourth-order valence-corrected chi connectivity index (χ4v) is 1.51. The van der Waals surface area contributed by atoms with E-state index in [0.717, 1.165) is 0 Å². The average molecular weight is 171 g/mol. The van der Waals surface area contributed by atoms with Crippen molar-refractivity contribution < 1.29 is 15.0 Å². The van der Waals surface area contributed by atoms with Crippen LogP contribution in [-0.4, -0.2) is 39.4 Å². The minimum absolute atomic E-state index is 0.374. The summed E-state index contributed by atoms with van der Waals surface area (Å²) in [4.78, 5) is 11.8. The zero-order valence-corrected chi connectivity index (χ0v) is 7.03. The third kappa shape index (κ3) is 1.18. The lowest BCUT2D eigenvalue weighted by molar-refractivity contribution is 0.0546. The van der Waals surface area contributed by atoms with Crippen LogP contribution in [0.3, 0.4) is 0 Å². The van der Waals surface area contributed by atoms with E-state index in [2.05, 4.69) is 6.58 Å². The molecule has 0 unspecified atom stereocenters. The fourth-order valence-electron chi connectivity index (χ4n) is 1.51. The van der Waals surface area contributed by atoms with Gasteiger partial charge in [-0.25, -0.2) is 4.79 Å². The Labute approximate surface area is 71.1 Å². The molecule has 1 heterocycles. The van der Waals surface area contributed by atoms with E-state index < -0.39 is 17.7 Å². The van der Waals surface area contributed by atoms with Gasteiger partial charge < -0.3 is 15.1 Å². The second kappa shape index (κ2) is 2.79. The standard InChI is InChI=1S/C8H13NO3/c1-3-8(12)4-5-9(6(8)2)7(10)11/h3,6,12H,1,4-5H2,2H3,(H,10,11)/t6-,8-/m0/s1. The molecule has 2 N–H and O–H groups in total. The SMILES string of the molecule is C=C[C@]1(O)CCN(C(=O)O)[C@H]1C. The van der Waals surface area contributed by atoms with Crippen molar-refractivity contribution in [1.82, 2.24) is 4.90 Å². The van der Waals surface area contributed by atoms with Crippen LogP contribution < -0.4 is 0 Å².